The Morgan fingerprint density at radius 1 is 1.21 bits per heavy atom. The number of hydrogen-bond acceptors (Lipinski definition) is 4. The minimum atomic E-state index is -0.416. The first-order valence-corrected chi connectivity index (χ1v) is 8.47. The molecule has 0 spiro atoms. The van der Waals surface area contributed by atoms with Gasteiger partial charge in [-0.2, -0.15) is 0 Å². The Balaban J connectivity index is 0.00000208. The van der Waals surface area contributed by atoms with Crippen molar-refractivity contribution in [2.24, 2.45) is 5.73 Å². The number of hydrogen-bond donors (Lipinski definition) is 1. The summed E-state index contributed by atoms with van der Waals surface area (Å²) in [5.74, 6) is -1.04. The summed E-state index contributed by atoms with van der Waals surface area (Å²) in [6.07, 6.45) is 2.85. The van der Waals surface area contributed by atoms with Gasteiger partial charge in [0, 0.05) is 23.6 Å². The molecule has 3 amide bonds. The predicted molar refractivity (Wildman–Crippen MR) is 95.2 cm³/mol. The van der Waals surface area contributed by atoms with Gasteiger partial charge in [-0.15, -0.1) is 12.4 Å². The summed E-state index contributed by atoms with van der Waals surface area (Å²) < 4.78 is 0.727. The van der Waals surface area contributed by atoms with Crippen LogP contribution in [0.3, 0.4) is 0 Å². The Hall–Kier alpha value is -1.44. The number of nitrogens with two attached hydrogens (primary N) is 1. The van der Waals surface area contributed by atoms with Crippen molar-refractivity contribution in [1.29, 1.82) is 0 Å². The van der Waals surface area contributed by atoms with E-state index in [0.29, 0.717) is 24.2 Å². The van der Waals surface area contributed by atoms with Crippen LogP contribution in [0.4, 0.5) is 0 Å². The van der Waals surface area contributed by atoms with Crippen molar-refractivity contribution in [3.63, 3.8) is 0 Å². The van der Waals surface area contributed by atoms with E-state index in [1.54, 1.807) is 23.1 Å². The smallest absolute Gasteiger partial charge is 0.262 e. The molecule has 0 bridgehead atoms. The van der Waals surface area contributed by atoms with Crippen LogP contribution in [-0.4, -0.2) is 53.2 Å². The van der Waals surface area contributed by atoms with E-state index in [1.165, 1.54) is 0 Å². The van der Waals surface area contributed by atoms with Crippen molar-refractivity contribution in [2.75, 3.05) is 19.6 Å². The molecule has 1 saturated heterocycles. The van der Waals surface area contributed by atoms with Crippen LogP contribution >= 0.6 is 28.3 Å². The molecule has 0 aromatic heterocycles. The molecule has 0 saturated carbocycles. The van der Waals surface area contributed by atoms with E-state index in [2.05, 4.69) is 15.9 Å². The van der Waals surface area contributed by atoms with Crippen molar-refractivity contribution in [3.8, 4) is 0 Å². The number of amides is 3. The van der Waals surface area contributed by atoms with Gasteiger partial charge in [0.05, 0.1) is 11.1 Å². The van der Waals surface area contributed by atoms with Gasteiger partial charge in [0.25, 0.3) is 11.8 Å². The number of nitrogens with zero attached hydrogens (tertiary/aromatic N) is 2. The Morgan fingerprint density at radius 3 is 2.62 bits per heavy atom. The minimum Gasteiger partial charge on any atom is -0.337 e. The molecule has 3 rings (SSSR count). The van der Waals surface area contributed by atoms with Gasteiger partial charge in [0.15, 0.2) is 0 Å². The molecule has 2 aliphatic heterocycles. The molecule has 2 N–H and O–H groups in total. The molecule has 0 aliphatic carbocycles. The second kappa shape index (κ2) is 7.63. The van der Waals surface area contributed by atoms with Crippen LogP contribution in [0.15, 0.2) is 22.7 Å². The Bertz CT molecular complexity index is 683. The number of benzene rings is 1. The number of imide groups is 1. The summed E-state index contributed by atoms with van der Waals surface area (Å²) in [7, 11) is 0. The van der Waals surface area contributed by atoms with E-state index in [-0.39, 0.29) is 30.9 Å². The largest absolute Gasteiger partial charge is 0.337 e. The lowest BCUT2D eigenvalue weighted by molar-refractivity contribution is -0.134. The Labute approximate surface area is 154 Å². The van der Waals surface area contributed by atoms with Gasteiger partial charge >= 0.3 is 0 Å². The molecular weight excluding hydrogens is 398 g/mol. The van der Waals surface area contributed by atoms with Gasteiger partial charge in [-0.05, 0) is 37.5 Å². The van der Waals surface area contributed by atoms with Crippen LogP contribution in [0, 0.1) is 0 Å². The zero-order chi connectivity index (χ0) is 16.6. The van der Waals surface area contributed by atoms with E-state index < -0.39 is 11.8 Å². The second-order valence-corrected chi connectivity index (χ2v) is 6.77. The molecule has 8 heteroatoms. The highest BCUT2D eigenvalue weighted by Gasteiger charge is 2.38. The number of piperidine rings is 1. The molecule has 24 heavy (non-hydrogen) atoms. The summed E-state index contributed by atoms with van der Waals surface area (Å²) in [5.41, 5.74) is 6.42. The van der Waals surface area contributed by atoms with Crippen LogP contribution in [0.2, 0.25) is 0 Å². The first-order chi connectivity index (χ1) is 11.0. The third-order valence-corrected chi connectivity index (χ3v) is 4.94. The highest BCUT2D eigenvalue weighted by Crippen LogP contribution is 2.26. The molecule has 1 aromatic rings. The molecule has 1 aromatic carbocycles. The number of rotatable bonds is 3. The predicted octanol–water partition coefficient (Wildman–Crippen LogP) is 1.81. The lowest BCUT2D eigenvalue weighted by atomic mass is 10.0. The maximum absolute atomic E-state index is 12.5. The average molecular weight is 417 g/mol. The summed E-state index contributed by atoms with van der Waals surface area (Å²) in [6.45, 7) is 0.816. The van der Waals surface area contributed by atoms with E-state index in [1.807, 2.05) is 0 Å². The molecule has 2 heterocycles. The van der Waals surface area contributed by atoms with E-state index in [4.69, 9.17) is 5.73 Å². The van der Waals surface area contributed by atoms with Crippen molar-refractivity contribution >= 4 is 46.1 Å². The normalized spacial score (nSPS) is 20.0. The van der Waals surface area contributed by atoms with Crippen LogP contribution in [0.25, 0.3) is 0 Å². The van der Waals surface area contributed by atoms with Crippen molar-refractivity contribution < 1.29 is 14.4 Å². The second-order valence-electron chi connectivity index (χ2n) is 5.86. The van der Waals surface area contributed by atoms with Crippen molar-refractivity contribution in [3.05, 3.63) is 33.8 Å². The fourth-order valence-corrected chi connectivity index (χ4v) is 3.57. The molecule has 1 unspecified atom stereocenters. The van der Waals surface area contributed by atoms with Gasteiger partial charge in [-0.3, -0.25) is 19.3 Å². The molecule has 1 atom stereocenters. The fourth-order valence-electron chi connectivity index (χ4n) is 3.21. The number of halogens is 2. The van der Waals surface area contributed by atoms with Crippen LogP contribution in [-0.2, 0) is 4.79 Å². The fraction of sp³-hybridized carbons (Fsp3) is 0.438. The van der Waals surface area contributed by atoms with Gasteiger partial charge in [0.2, 0.25) is 5.91 Å². The molecule has 1 fully saturated rings. The zero-order valence-corrected chi connectivity index (χ0v) is 15.4. The lowest BCUT2D eigenvalue weighted by Gasteiger charge is -2.35. The summed E-state index contributed by atoms with van der Waals surface area (Å²) in [4.78, 5) is 40.1. The highest BCUT2D eigenvalue weighted by molar-refractivity contribution is 9.10. The van der Waals surface area contributed by atoms with E-state index in [9.17, 15) is 14.4 Å². The summed E-state index contributed by atoms with van der Waals surface area (Å²) >= 11 is 3.29. The van der Waals surface area contributed by atoms with Crippen LogP contribution < -0.4 is 5.73 Å². The zero-order valence-electron chi connectivity index (χ0n) is 13.0. The van der Waals surface area contributed by atoms with E-state index in [0.717, 1.165) is 28.6 Å². The lowest BCUT2D eigenvalue weighted by Crippen LogP contribution is -2.51. The maximum atomic E-state index is 12.5. The van der Waals surface area contributed by atoms with Crippen molar-refractivity contribution in [2.45, 2.75) is 25.3 Å². The average Bonchev–Trinajstić information content (AvgIpc) is 2.79. The number of carbonyl (C=O) groups excluding carboxylic acids is 3. The van der Waals surface area contributed by atoms with Crippen LogP contribution in [0.1, 0.15) is 40.0 Å². The molecular formula is C16H19BrClN3O3. The summed E-state index contributed by atoms with van der Waals surface area (Å²) in [6, 6.07) is 4.93. The first-order valence-electron chi connectivity index (χ1n) is 7.68. The van der Waals surface area contributed by atoms with Crippen LogP contribution in [0.5, 0.6) is 0 Å². The first kappa shape index (κ1) is 18.9. The van der Waals surface area contributed by atoms with Gasteiger partial charge in [-0.1, -0.05) is 15.9 Å². The Kier molecular flexibility index (Phi) is 6.01. The third kappa shape index (κ3) is 3.34. The Morgan fingerprint density at radius 2 is 1.92 bits per heavy atom. The standard InChI is InChI=1S/C16H18BrN3O3.ClH/c17-10-4-5-12-13(7-10)16(23)20(15(12)22)9-14(21)19-6-2-1-3-11(19)8-18;/h4-5,7,11H,1-3,6,8-9,18H2;1H. The third-order valence-electron chi connectivity index (χ3n) is 4.45. The molecule has 0 radical (unpaired) electrons. The van der Waals surface area contributed by atoms with E-state index >= 15 is 0 Å². The van der Waals surface area contributed by atoms with Gasteiger partial charge < -0.3 is 10.6 Å². The number of carbonyl (C=O) groups is 3. The topological polar surface area (TPSA) is 83.7 Å². The highest BCUT2D eigenvalue weighted by atomic mass is 79.9. The quantitative estimate of drug-likeness (QED) is 0.762. The molecule has 6 nitrogen and oxygen atoms in total. The minimum absolute atomic E-state index is 0. The number of fused-ring (bicyclic) bond motifs is 1. The van der Waals surface area contributed by atoms with Gasteiger partial charge in [-0.25, -0.2) is 0 Å². The molecule has 2 aliphatic rings. The monoisotopic (exact) mass is 415 g/mol. The SMILES string of the molecule is Cl.NCC1CCCCN1C(=O)CN1C(=O)c2ccc(Br)cc2C1=O. The summed E-state index contributed by atoms with van der Waals surface area (Å²) in [5, 5.41) is 0. The molecule has 130 valence electrons. The number of likely N-dealkylation sites (tertiary alicyclic amines) is 1. The van der Waals surface area contributed by atoms with Gasteiger partial charge in [0.1, 0.15) is 6.54 Å². The maximum Gasteiger partial charge on any atom is 0.262 e. The van der Waals surface area contributed by atoms with Crippen molar-refractivity contribution in [1.82, 2.24) is 9.80 Å².